The lowest BCUT2D eigenvalue weighted by Crippen LogP contribution is -2.55. The van der Waals surface area contributed by atoms with Gasteiger partial charge >= 0.3 is 0 Å². The van der Waals surface area contributed by atoms with E-state index in [1.54, 1.807) is 0 Å². The van der Waals surface area contributed by atoms with Crippen LogP contribution in [0.3, 0.4) is 0 Å². The van der Waals surface area contributed by atoms with Gasteiger partial charge in [-0.15, -0.1) is 0 Å². The molecule has 0 aromatic heterocycles. The molecule has 6 nitrogen and oxygen atoms in total. The van der Waals surface area contributed by atoms with Crippen LogP contribution >= 0.6 is 0 Å². The van der Waals surface area contributed by atoms with E-state index in [2.05, 4.69) is 29.4 Å². The average Bonchev–Trinajstić information content (AvgIpc) is 2.95. The highest BCUT2D eigenvalue weighted by Gasteiger charge is 2.32. The summed E-state index contributed by atoms with van der Waals surface area (Å²) in [5.41, 5.74) is 8.81. The van der Waals surface area contributed by atoms with Crippen LogP contribution in [0.15, 0.2) is 54.6 Å². The Morgan fingerprint density at radius 1 is 0.868 bits per heavy atom. The summed E-state index contributed by atoms with van der Waals surface area (Å²) in [7, 11) is 0. The molecular formula is C32H48N4O2. The fourth-order valence-corrected chi connectivity index (χ4v) is 5.59. The molecule has 1 aliphatic carbocycles. The number of carbonyl (C=O) groups excluding carboxylic acids is 2. The maximum Gasteiger partial charge on any atom is 0.243 e. The van der Waals surface area contributed by atoms with Gasteiger partial charge in [-0.25, -0.2) is 0 Å². The Hall–Kier alpha value is -2.70. The Kier molecular flexibility index (Phi) is 12.8. The molecule has 1 fully saturated rings. The molecule has 2 atom stereocenters. The molecule has 1 saturated carbocycles. The zero-order chi connectivity index (χ0) is 27.2. The van der Waals surface area contributed by atoms with Gasteiger partial charge in [-0.2, -0.15) is 0 Å². The molecular weight excluding hydrogens is 472 g/mol. The second-order valence-corrected chi connectivity index (χ2v) is 10.8. The number of carbonyl (C=O) groups is 2. The van der Waals surface area contributed by atoms with Gasteiger partial charge in [-0.1, -0.05) is 101 Å². The minimum atomic E-state index is -0.632. The third-order valence-electron chi connectivity index (χ3n) is 7.69. The summed E-state index contributed by atoms with van der Waals surface area (Å²) in [6, 6.07) is 17.0. The molecule has 0 radical (unpaired) electrons. The van der Waals surface area contributed by atoms with Crippen LogP contribution in [-0.4, -0.2) is 41.9 Å². The Morgan fingerprint density at radius 3 is 2.11 bits per heavy atom. The zero-order valence-electron chi connectivity index (χ0n) is 23.5. The van der Waals surface area contributed by atoms with Crippen LogP contribution in [0, 0.1) is 5.92 Å². The van der Waals surface area contributed by atoms with Gasteiger partial charge in [0.25, 0.3) is 0 Å². The lowest BCUT2D eigenvalue weighted by Gasteiger charge is -2.35. The van der Waals surface area contributed by atoms with Crippen LogP contribution in [0.4, 0.5) is 0 Å². The molecule has 2 aromatic rings. The molecule has 38 heavy (non-hydrogen) atoms. The topological polar surface area (TPSA) is 87.5 Å². The highest BCUT2D eigenvalue weighted by Crippen LogP contribution is 2.29. The van der Waals surface area contributed by atoms with Crippen molar-refractivity contribution in [1.82, 2.24) is 15.5 Å². The van der Waals surface area contributed by atoms with Crippen LogP contribution in [0.2, 0.25) is 0 Å². The van der Waals surface area contributed by atoms with E-state index in [1.807, 2.05) is 54.6 Å². The minimum Gasteiger partial charge on any atom is -0.350 e. The second-order valence-electron chi connectivity index (χ2n) is 10.8. The minimum absolute atomic E-state index is 0.0131. The predicted octanol–water partition coefficient (Wildman–Crippen LogP) is 4.95. The summed E-state index contributed by atoms with van der Waals surface area (Å²) >= 11 is 0. The van der Waals surface area contributed by atoms with Crippen molar-refractivity contribution >= 4 is 11.8 Å². The number of amides is 2. The smallest absolute Gasteiger partial charge is 0.243 e. The van der Waals surface area contributed by atoms with Gasteiger partial charge in [0.1, 0.15) is 6.04 Å². The standard InChI is InChI=1S/C32H48N4O2/c1-3-19-36(20-4-2)30(22-26-13-9-6-10-14-26)32(38)35-29(21-25-11-7-5-8-12-25)31(37)34-24-28-17-15-27(23-33)16-18-28/h5,7-8,11-12,15-18,26,29-30H,3-4,6,9-10,13-14,19-24,33H2,1-2H3,(H,34,37)(H,35,38)/t29-,30+/m0/s1. The molecule has 3 rings (SSSR count). The van der Waals surface area contributed by atoms with E-state index in [0.29, 0.717) is 25.4 Å². The van der Waals surface area contributed by atoms with E-state index < -0.39 is 6.04 Å². The number of nitrogens with one attached hydrogen (secondary N) is 2. The lowest BCUT2D eigenvalue weighted by molar-refractivity contribution is -0.132. The van der Waals surface area contributed by atoms with Gasteiger partial charge < -0.3 is 16.4 Å². The summed E-state index contributed by atoms with van der Waals surface area (Å²) in [6.07, 6.45) is 9.56. The Morgan fingerprint density at radius 2 is 1.50 bits per heavy atom. The van der Waals surface area contributed by atoms with Gasteiger partial charge in [0.05, 0.1) is 6.04 Å². The summed E-state index contributed by atoms with van der Waals surface area (Å²) < 4.78 is 0. The van der Waals surface area contributed by atoms with Crippen molar-refractivity contribution in [2.24, 2.45) is 11.7 Å². The monoisotopic (exact) mass is 520 g/mol. The summed E-state index contributed by atoms with van der Waals surface area (Å²) in [5.74, 6) is 0.411. The number of hydrogen-bond donors (Lipinski definition) is 3. The number of nitrogens with zero attached hydrogens (tertiary/aromatic N) is 1. The summed E-state index contributed by atoms with van der Waals surface area (Å²) in [6.45, 7) is 7.04. The highest BCUT2D eigenvalue weighted by atomic mass is 16.2. The molecule has 0 spiro atoms. The van der Waals surface area contributed by atoms with Gasteiger partial charge in [0.15, 0.2) is 0 Å². The molecule has 0 saturated heterocycles. The quantitative estimate of drug-likeness (QED) is 0.310. The second kappa shape index (κ2) is 16.3. The van der Waals surface area contributed by atoms with Crippen LogP contribution in [0.5, 0.6) is 0 Å². The van der Waals surface area contributed by atoms with E-state index in [0.717, 1.165) is 49.0 Å². The maximum atomic E-state index is 13.9. The van der Waals surface area contributed by atoms with E-state index in [4.69, 9.17) is 5.73 Å². The number of benzene rings is 2. The maximum absolute atomic E-state index is 13.9. The Bertz CT molecular complexity index is 951. The van der Waals surface area contributed by atoms with E-state index in [-0.39, 0.29) is 17.9 Å². The molecule has 208 valence electrons. The van der Waals surface area contributed by atoms with Crippen LogP contribution in [-0.2, 0) is 29.1 Å². The first kappa shape index (κ1) is 29.9. The highest BCUT2D eigenvalue weighted by molar-refractivity contribution is 5.90. The number of rotatable bonds is 15. The van der Waals surface area contributed by atoms with E-state index >= 15 is 0 Å². The molecule has 4 N–H and O–H groups in total. The SMILES string of the molecule is CCCN(CCC)[C@H](CC1CCCCC1)C(=O)N[C@@H](Cc1ccccc1)C(=O)NCc1ccc(CN)cc1. The molecule has 2 aromatic carbocycles. The number of nitrogens with two attached hydrogens (primary N) is 1. The van der Waals surface area contributed by atoms with Crippen LogP contribution in [0.1, 0.15) is 81.9 Å². The number of hydrogen-bond acceptors (Lipinski definition) is 4. The first-order chi connectivity index (χ1) is 18.5. The van der Waals surface area contributed by atoms with Crippen molar-refractivity contribution < 1.29 is 9.59 Å². The molecule has 2 amide bonds. The fraction of sp³-hybridized carbons (Fsp3) is 0.562. The molecule has 0 heterocycles. The van der Waals surface area contributed by atoms with Crippen molar-refractivity contribution in [2.75, 3.05) is 13.1 Å². The molecule has 0 bridgehead atoms. The van der Waals surface area contributed by atoms with Crippen molar-refractivity contribution in [2.45, 2.75) is 96.8 Å². The first-order valence-electron chi connectivity index (χ1n) is 14.7. The van der Waals surface area contributed by atoms with Crippen molar-refractivity contribution in [3.05, 3.63) is 71.3 Å². The van der Waals surface area contributed by atoms with Gasteiger partial charge in [-0.3, -0.25) is 14.5 Å². The Labute approximate surface area is 229 Å². The summed E-state index contributed by atoms with van der Waals surface area (Å²) in [4.78, 5) is 29.7. The average molecular weight is 521 g/mol. The van der Waals surface area contributed by atoms with Gasteiger partial charge in [0.2, 0.25) is 11.8 Å². The molecule has 1 aliphatic rings. The Balaban J connectivity index is 1.75. The molecule has 0 unspecified atom stereocenters. The first-order valence-corrected chi connectivity index (χ1v) is 14.7. The summed E-state index contributed by atoms with van der Waals surface area (Å²) in [5, 5.41) is 6.26. The van der Waals surface area contributed by atoms with Crippen LogP contribution < -0.4 is 16.4 Å². The molecule has 6 heteroatoms. The van der Waals surface area contributed by atoms with Gasteiger partial charge in [0, 0.05) is 19.5 Å². The zero-order valence-corrected chi connectivity index (χ0v) is 23.5. The normalized spacial score (nSPS) is 15.7. The van der Waals surface area contributed by atoms with Crippen LogP contribution in [0.25, 0.3) is 0 Å². The third kappa shape index (κ3) is 9.55. The van der Waals surface area contributed by atoms with Crippen molar-refractivity contribution in [3.63, 3.8) is 0 Å². The molecule has 0 aliphatic heterocycles. The predicted molar refractivity (Wildman–Crippen MR) is 155 cm³/mol. The van der Waals surface area contributed by atoms with Gasteiger partial charge in [-0.05, 0) is 55.0 Å². The van der Waals surface area contributed by atoms with E-state index in [1.165, 1.54) is 32.1 Å². The third-order valence-corrected chi connectivity index (χ3v) is 7.69. The largest absolute Gasteiger partial charge is 0.350 e. The van der Waals surface area contributed by atoms with E-state index in [9.17, 15) is 9.59 Å². The van der Waals surface area contributed by atoms with Crippen molar-refractivity contribution in [1.29, 1.82) is 0 Å². The fourth-order valence-electron chi connectivity index (χ4n) is 5.59. The lowest BCUT2D eigenvalue weighted by atomic mass is 9.84. The van der Waals surface area contributed by atoms with Crippen molar-refractivity contribution in [3.8, 4) is 0 Å².